The highest BCUT2D eigenvalue weighted by Gasteiger charge is 2.12. The highest BCUT2D eigenvalue weighted by Crippen LogP contribution is 2.38. The molecule has 0 spiro atoms. The molecular weight excluding hydrogens is 170 g/mol. The summed E-state index contributed by atoms with van der Waals surface area (Å²) in [5.41, 5.74) is 0.164. The van der Waals surface area contributed by atoms with E-state index in [1.807, 2.05) is 6.07 Å². The summed E-state index contributed by atoms with van der Waals surface area (Å²) in [5.74, 6) is 0.393. The number of aromatic hydroxyl groups is 1. The van der Waals surface area contributed by atoms with E-state index in [4.69, 9.17) is 14.7 Å². The van der Waals surface area contributed by atoms with Crippen molar-refractivity contribution in [3.05, 3.63) is 17.7 Å². The monoisotopic (exact) mass is 179 g/mol. The smallest absolute Gasteiger partial charge is 0.204 e. The van der Waals surface area contributed by atoms with Gasteiger partial charge in [0.25, 0.3) is 0 Å². The largest absolute Gasteiger partial charge is 0.503 e. The molecule has 0 atom stereocenters. The first-order valence-electron chi connectivity index (χ1n) is 3.58. The lowest BCUT2D eigenvalue weighted by Crippen LogP contribution is -1.92. The van der Waals surface area contributed by atoms with Crippen LogP contribution in [0.25, 0.3) is 0 Å². The average molecular weight is 179 g/mol. The van der Waals surface area contributed by atoms with Crippen LogP contribution in [0.5, 0.6) is 17.2 Å². The summed E-state index contributed by atoms with van der Waals surface area (Å²) in [6.07, 6.45) is 0. The molecule has 0 saturated carbocycles. The minimum atomic E-state index is -0.190. The Morgan fingerprint density at radius 1 is 1.31 bits per heavy atom. The Hall–Kier alpha value is -1.89. The van der Waals surface area contributed by atoms with Crippen molar-refractivity contribution in [2.45, 2.75) is 0 Å². The van der Waals surface area contributed by atoms with Crippen LogP contribution in [0.4, 0.5) is 0 Å². The van der Waals surface area contributed by atoms with E-state index in [9.17, 15) is 5.11 Å². The number of methoxy groups -OCH3 is 2. The van der Waals surface area contributed by atoms with Crippen molar-refractivity contribution in [3.8, 4) is 23.3 Å². The molecule has 0 aliphatic heterocycles. The van der Waals surface area contributed by atoms with E-state index < -0.39 is 0 Å². The van der Waals surface area contributed by atoms with Gasteiger partial charge in [0.15, 0.2) is 11.5 Å². The SMILES string of the molecule is COc1ccc(C#N)c(O)c1OC. The molecular formula is C9H9NO3. The lowest BCUT2D eigenvalue weighted by atomic mass is 10.2. The normalized spacial score (nSPS) is 9.00. The number of phenolic OH excluding ortho intramolecular Hbond substituents is 1. The lowest BCUT2D eigenvalue weighted by Gasteiger charge is -2.09. The van der Waals surface area contributed by atoms with E-state index in [0.717, 1.165) is 0 Å². The quantitative estimate of drug-likeness (QED) is 0.742. The molecule has 1 N–H and O–H groups in total. The lowest BCUT2D eigenvalue weighted by molar-refractivity contribution is 0.332. The summed E-state index contributed by atoms with van der Waals surface area (Å²) in [6, 6.07) is 4.87. The van der Waals surface area contributed by atoms with Crippen molar-refractivity contribution in [1.29, 1.82) is 5.26 Å². The molecule has 0 aliphatic carbocycles. The molecule has 0 saturated heterocycles. The predicted molar refractivity (Wildman–Crippen MR) is 45.9 cm³/mol. The summed E-state index contributed by atoms with van der Waals surface area (Å²) in [6.45, 7) is 0. The molecule has 68 valence electrons. The summed E-state index contributed by atoms with van der Waals surface area (Å²) < 4.78 is 9.81. The van der Waals surface area contributed by atoms with Crippen molar-refractivity contribution in [3.63, 3.8) is 0 Å². The zero-order valence-corrected chi connectivity index (χ0v) is 7.37. The van der Waals surface area contributed by atoms with Crippen LogP contribution in [0, 0.1) is 11.3 Å². The van der Waals surface area contributed by atoms with Gasteiger partial charge in [0, 0.05) is 0 Å². The van der Waals surface area contributed by atoms with Crippen LogP contribution in [0.15, 0.2) is 12.1 Å². The zero-order valence-electron chi connectivity index (χ0n) is 7.37. The molecule has 1 aromatic carbocycles. The van der Waals surface area contributed by atoms with Gasteiger partial charge in [-0.05, 0) is 12.1 Å². The van der Waals surface area contributed by atoms with Crippen molar-refractivity contribution in [1.82, 2.24) is 0 Å². The molecule has 0 aromatic heterocycles. The summed E-state index contributed by atoms with van der Waals surface area (Å²) >= 11 is 0. The van der Waals surface area contributed by atoms with Gasteiger partial charge in [0.05, 0.1) is 19.8 Å². The molecule has 1 aromatic rings. The third-order valence-corrected chi connectivity index (χ3v) is 1.64. The Morgan fingerprint density at radius 2 is 2.00 bits per heavy atom. The summed E-state index contributed by atoms with van der Waals surface area (Å²) in [7, 11) is 2.86. The Morgan fingerprint density at radius 3 is 2.46 bits per heavy atom. The van der Waals surface area contributed by atoms with E-state index in [0.29, 0.717) is 5.75 Å². The zero-order chi connectivity index (χ0) is 9.84. The molecule has 13 heavy (non-hydrogen) atoms. The van der Waals surface area contributed by atoms with Crippen LogP contribution in [0.3, 0.4) is 0 Å². The maximum Gasteiger partial charge on any atom is 0.204 e. The fourth-order valence-electron chi connectivity index (χ4n) is 1.00. The molecule has 0 amide bonds. The Labute approximate surface area is 75.9 Å². The van der Waals surface area contributed by atoms with Crippen molar-refractivity contribution >= 4 is 0 Å². The second kappa shape index (κ2) is 3.68. The number of nitrogens with zero attached hydrogens (tertiary/aromatic N) is 1. The van der Waals surface area contributed by atoms with Gasteiger partial charge in [-0.1, -0.05) is 0 Å². The third-order valence-electron chi connectivity index (χ3n) is 1.64. The number of nitriles is 1. The van der Waals surface area contributed by atoms with E-state index in [-0.39, 0.29) is 17.1 Å². The minimum Gasteiger partial charge on any atom is -0.503 e. The van der Waals surface area contributed by atoms with Gasteiger partial charge in [-0.15, -0.1) is 0 Å². The molecule has 0 fully saturated rings. The number of hydrogen-bond acceptors (Lipinski definition) is 4. The van der Waals surface area contributed by atoms with Gasteiger partial charge in [-0.2, -0.15) is 5.26 Å². The first kappa shape index (κ1) is 9.20. The van der Waals surface area contributed by atoms with Crippen LogP contribution >= 0.6 is 0 Å². The molecule has 0 heterocycles. The van der Waals surface area contributed by atoms with Crippen LogP contribution in [0.2, 0.25) is 0 Å². The van der Waals surface area contributed by atoms with Gasteiger partial charge in [0.2, 0.25) is 5.75 Å². The van der Waals surface area contributed by atoms with Gasteiger partial charge < -0.3 is 14.6 Å². The molecule has 0 radical (unpaired) electrons. The minimum absolute atomic E-state index is 0.164. The van der Waals surface area contributed by atoms with Crippen molar-refractivity contribution in [2.24, 2.45) is 0 Å². The molecule has 0 aliphatic rings. The number of benzene rings is 1. The maximum atomic E-state index is 9.47. The Balaban J connectivity index is 3.34. The van der Waals surface area contributed by atoms with Crippen LogP contribution in [-0.2, 0) is 0 Å². The predicted octanol–water partition coefficient (Wildman–Crippen LogP) is 1.28. The van der Waals surface area contributed by atoms with Crippen LogP contribution in [-0.4, -0.2) is 19.3 Å². The summed E-state index contributed by atoms with van der Waals surface area (Å²) in [5, 5.41) is 18.1. The highest BCUT2D eigenvalue weighted by molar-refractivity contribution is 5.58. The van der Waals surface area contributed by atoms with E-state index in [2.05, 4.69) is 0 Å². The molecule has 0 bridgehead atoms. The van der Waals surface area contributed by atoms with Gasteiger partial charge in [0.1, 0.15) is 6.07 Å². The van der Waals surface area contributed by atoms with Crippen LogP contribution < -0.4 is 9.47 Å². The second-order valence-corrected chi connectivity index (χ2v) is 2.31. The maximum absolute atomic E-state index is 9.47. The molecule has 0 unspecified atom stereocenters. The molecule has 4 heteroatoms. The standard InChI is InChI=1S/C9H9NO3/c1-12-7-4-3-6(5-10)8(11)9(7)13-2/h3-4,11H,1-2H3. The second-order valence-electron chi connectivity index (χ2n) is 2.31. The van der Waals surface area contributed by atoms with Gasteiger partial charge >= 0.3 is 0 Å². The number of hydrogen-bond donors (Lipinski definition) is 1. The number of phenols is 1. The first-order valence-corrected chi connectivity index (χ1v) is 3.58. The van der Waals surface area contributed by atoms with Crippen molar-refractivity contribution in [2.75, 3.05) is 14.2 Å². The fraction of sp³-hybridized carbons (Fsp3) is 0.222. The first-order chi connectivity index (χ1) is 6.24. The van der Waals surface area contributed by atoms with Gasteiger partial charge in [-0.25, -0.2) is 0 Å². The Bertz CT molecular complexity index is 355. The van der Waals surface area contributed by atoms with Crippen molar-refractivity contribution < 1.29 is 14.6 Å². The van der Waals surface area contributed by atoms with E-state index in [1.165, 1.54) is 20.3 Å². The highest BCUT2D eigenvalue weighted by atomic mass is 16.5. The van der Waals surface area contributed by atoms with Gasteiger partial charge in [-0.3, -0.25) is 0 Å². The number of rotatable bonds is 2. The average Bonchev–Trinajstić information content (AvgIpc) is 2.17. The number of ether oxygens (including phenoxy) is 2. The fourth-order valence-corrected chi connectivity index (χ4v) is 1.00. The Kier molecular flexibility index (Phi) is 2.60. The summed E-state index contributed by atoms with van der Waals surface area (Å²) in [4.78, 5) is 0. The van der Waals surface area contributed by atoms with E-state index >= 15 is 0 Å². The van der Waals surface area contributed by atoms with E-state index in [1.54, 1.807) is 6.07 Å². The third kappa shape index (κ3) is 1.49. The molecule has 4 nitrogen and oxygen atoms in total. The topological polar surface area (TPSA) is 62.5 Å². The van der Waals surface area contributed by atoms with Crippen LogP contribution in [0.1, 0.15) is 5.56 Å². The molecule has 1 rings (SSSR count).